The van der Waals surface area contributed by atoms with Gasteiger partial charge in [0.2, 0.25) is 0 Å². The van der Waals surface area contributed by atoms with Crippen LogP contribution in [0.15, 0.2) is 53.4 Å². The van der Waals surface area contributed by atoms with E-state index in [2.05, 4.69) is 15.0 Å². The highest BCUT2D eigenvalue weighted by atomic mass is 32.2. The molecule has 29 heavy (non-hydrogen) atoms. The predicted octanol–water partition coefficient (Wildman–Crippen LogP) is 3.85. The third-order valence-corrected chi connectivity index (χ3v) is 6.43. The van der Waals surface area contributed by atoms with Crippen LogP contribution in [0.1, 0.15) is 32.6 Å². The Morgan fingerprint density at radius 1 is 1.07 bits per heavy atom. The molecule has 2 N–H and O–H groups in total. The number of amides is 1. The number of carbonyl (C=O) groups excluding carboxylic acids is 2. The van der Waals surface area contributed by atoms with Crippen LogP contribution in [0.5, 0.6) is 0 Å². The van der Waals surface area contributed by atoms with Crippen molar-refractivity contribution in [2.24, 2.45) is 0 Å². The minimum Gasteiger partial charge on any atom is -0.298 e. The van der Waals surface area contributed by atoms with Crippen molar-refractivity contribution in [3.63, 3.8) is 0 Å². The molecular weight excluding hydrogens is 417 g/mol. The van der Waals surface area contributed by atoms with Gasteiger partial charge < -0.3 is 0 Å². The number of carbonyl (C=O) groups is 2. The normalized spacial score (nSPS) is 11.1. The molecule has 0 bridgehead atoms. The molecule has 0 atom stereocenters. The number of aromatic nitrogens is 1. The number of aryl methyl sites for hydroxylation is 1. The van der Waals surface area contributed by atoms with E-state index < -0.39 is 21.7 Å². The van der Waals surface area contributed by atoms with Gasteiger partial charge in [-0.1, -0.05) is 23.5 Å². The molecule has 0 unspecified atom stereocenters. The Morgan fingerprint density at radius 2 is 1.72 bits per heavy atom. The largest absolute Gasteiger partial charge is 0.298 e. The average Bonchev–Trinajstić information content (AvgIpc) is 3.02. The lowest BCUT2D eigenvalue weighted by Gasteiger charge is -2.12. The van der Waals surface area contributed by atoms with Gasteiger partial charge in [0.1, 0.15) is 5.82 Å². The van der Waals surface area contributed by atoms with Crippen LogP contribution in [-0.2, 0) is 10.0 Å². The summed E-state index contributed by atoms with van der Waals surface area (Å²) < 4.78 is 40.5. The Kier molecular flexibility index (Phi) is 5.76. The maximum absolute atomic E-state index is 13.1. The quantitative estimate of drug-likeness (QED) is 0.575. The Bertz CT molecular complexity index is 1190. The summed E-state index contributed by atoms with van der Waals surface area (Å²) in [7, 11) is -4.03. The number of rotatable bonds is 6. The molecule has 1 aromatic heterocycles. The van der Waals surface area contributed by atoms with Gasteiger partial charge in [0.25, 0.3) is 15.9 Å². The molecule has 0 saturated carbocycles. The van der Waals surface area contributed by atoms with Gasteiger partial charge in [-0.05, 0) is 43.3 Å². The zero-order valence-electron chi connectivity index (χ0n) is 15.4. The van der Waals surface area contributed by atoms with Crippen LogP contribution in [-0.4, -0.2) is 25.1 Å². The van der Waals surface area contributed by atoms with Crippen molar-refractivity contribution < 1.29 is 22.4 Å². The van der Waals surface area contributed by atoms with Gasteiger partial charge in [-0.15, -0.1) is 0 Å². The van der Waals surface area contributed by atoms with Crippen molar-refractivity contribution in [1.82, 2.24) is 4.98 Å². The third-order valence-electron chi connectivity index (χ3n) is 3.88. The standard InChI is InChI=1S/C19H16FN3O4S2/c1-11-17(12(2)24)28-19(21-11)22-18(25)15-5-3-4-6-16(15)23-29(26,27)14-9-7-13(20)8-10-14/h3-10,23H,1-2H3,(H,21,22,25). The molecule has 0 radical (unpaired) electrons. The third kappa shape index (κ3) is 4.66. The predicted molar refractivity (Wildman–Crippen MR) is 108 cm³/mol. The molecule has 0 fully saturated rings. The summed E-state index contributed by atoms with van der Waals surface area (Å²) in [5.74, 6) is -1.31. The lowest BCUT2D eigenvalue weighted by Crippen LogP contribution is -2.18. The summed E-state index contributed by atoms with van der Waals surface area (Å²) in [4.78, 5) is 28.7. The number of halogens is 1. The molecule has 1 heterocycles. The van der Waals surface area contributed by atoms with Gasteiger partial charge in [0, 0.05) is 6.92 Å². The summed E-state index contributed by atoms with van der Waals surface area (Å²) in [6, 6.07) is 10.4. The van der Waals surface area contributed by atoms with Gasteiger partial charge in [0.05, 0.1) is 26.7 Å². The first-order valence-corrected chi connectivity index (χ1v) is 10.6. The van der Waals surface area contributed by atoms with Gasteiger partial charge in [-0.2, -0.15) is 0 Å². The molecule has 0 aliphatic rings. The van der Waals surface area contributed by atoms with Gasteiger partial charge >= 0.3 is 0 Å². The van der Waals surface area contributed by atoms with E-state index >= 15 is 0 Å². The molecule has 10 heteroatoms. The highest BCUT2D eigenvalue weighted by Crippen LogP contribution is 2.25. The van der Waals surface area contributed by atoms with Crippen LogP contribution in [0.25, 0.3) is 0 Å². The van der Waals surface area contributed by atoms with Crippen molar-refractivity contribution in [3.8, 4) is 0 Å². The van der Waals surface area contributed by atoms with Gasteiger partial charge in [-0.3, -0.25) is 19.6 Å². The maximum atomic E-state index is 13.1. The van der Waals surface area contributed by atoms with Crippen LogP contribution >= 0.6 is 11.3 Å². The van der Waals surface area contributed by atoms with E-state index in [1.165, 1.54) is 19.1 Å². The summed E-state index contributed by atoms with van der Waals surface area (Å²) in [6.45, 7) is 3.07. The number of para-hydroxylation sites is 1. The smallest absolute Gasteiger partial charge is 0.261 e. The Hall–Kier alpha value is -3.11. The van der Waals surface area contributed by atoms with Crippen LogP contribution in [0.4, 0.5) is 15.2 Å². The summed E-state index contributed by atoms with van der Waals surface area (Å²) >= 11 is 1.04. The molecular formula is C19H16FN3O4S2. The molecule has 3 rings (SSSR count). The molecule has 3 aromatic rings. The zero-order chi connectivity index (χ0) is 21.2. The van der Waals surface area contributed by atoms with Crippen LogP contribution in [0.2, 0.25) is 0 Å². The topological polar surface area (TPSA) is 105 Å². The Morgan fingerprint density at radius 3 is 2.34 bits per heavy atom. The number of anilines is 2. The number of sulfonamides is 1. The Labute approximate surface area is 170 Å². The van der Waals surface area contributed by atoms with Crippen molar-refractivity contribution in [3.05, 3.63) is 70.5 Å². The first kappa shape index (κ1) is 20.6. The summed E-state index contributed by atoms with van der Waals surface area (Å²) in [5.41, 5.74) is 0.618. The second-order valence-electron chi connectivity index (χ2n) is 6.05. The number of benzene rings is 2. The van der Waals surface area contributed by atoms with E-state index in [4.69, 9.17) is 0 Å². The second kappa shape index (κ2) is 8.10. The molecule has 0 spiro atoms. The van der Waals surface area contributed by atoms with E-state index in [0.29, 0.717) is 10.6 Å². The maximum Gasteiger partial charge on any atom is 0.261 e. The molecule has 0 aliphatic carbocycles. The summed E-state index contributed by atoms with van der Waals surface area (Å²) in [5, 5.41) is 2.81. The molecule has 2 aromatic carbocycles. The fourth-order valence-electron chi connectivity index (χ4n) is 2.53. The first-order chi connectivity index (χ1) is 13.7. The van der Waals surface area contributed by atoms with Crippen LogP contribution in [0.3, 0.4) is 0 Å². The number of thiazole rings is 1. The van der Waals surface area contributed by atoms with E-state index in [1.54, 1.807) is 19.1 Å². The average molecular weight is 433 g/mol. The SMILES string of the molecule is CC(=O)c1sc(NC(=O)c2ccccc2NS(=O)(=O)c2ccc(F)cc2)nc1C. The van der Waals surface area contributed by atoms with E-state index in [0.717, 1.165) is 35.6 Å². The van der Waals surface area contributed by atoms with Crippen molar-refractivity contribution in [1.29, 1.82) is 0 Å². The molecule has 7 nitrogen and oxygen atoms in total. The van der Waals surface area contributed by atoms with Gasteiger partial charge in [-0.25, -0.2) is 17.8 Å². The zero-order valence-corrected chi connectivity index (χ0v) is 17.0. The molecule has 1 amide bonds. The summed E-state index contributed by atoms with van der Waals surface area (Å²) in [6.07, 6.45) is 0. The number of nitrogens with one attached hydrogen (secondary N) is 2. The van der Waals surface area contributed by atoms with Crippen LogP contribution in [0, 0.1) is 12.7 Å². The van der Waals surface area contributed by atoms with E-state index in [-0.39, 0.29) is 27.1 Å². The van der Waals surface area contributed by atoms with Crippen molar-refractivity contribution in [2.75, 3.05) is 10.0 Å². The van der Waals surface area contributed by atoms with Crippen molar-refractivity contribution in [2.45, 2.75) is 18.7 Å². The number of Topliss-reactive ketones (excluding diaryl/α,β-unsaturated/α-hetero) is 1. The van der Waals surface area contributed by atoms with E-state index in [9.17, 15) is 22.4 Å². The molecule has 0 saturated heterocycles. The Balaban J connectivity index is 1.86. The highest BCUT2D eigenvalue weighted by molar-refractivity contribution is 7.92. The number of ketones is 1. The lowest BCUT2D eigenvalue weighted by molar-refractivity contribution is 0.101. The molecule has 0 aliphatic heterocycles. The number of nitrogens with zero attached hydrogens (tertiary/aromatic N) is 1. The molecule has 150 valence electrons. The van der Waals surface area contributed by atoms with Crippen LogP contribution < -0.4 is 10.0 Å². The van der Waals surface area contributed by atoms with Gasteiger partial charge in [0.15, 0.2) is 10.9 Å². The number of hydrogen-bond donors (Lipinski definition) is 2. The van der Waals surface area contributed by atoms with E-state index in [1.807, 2.05) is 0 Å². The number of hydrogen-bond acceptors (Lipinski definition) is 6. The van der Waals surface area contributed by atoms with Crippen molar-refractivity contribution >= 4 is 43.9 Å². The highest BCUT2D eigenvalue weighted by Gasteiger charge is 2.20. The minimum absolute atomic E-state index is 0.0504. The fraction of sp³-hybridized carbons (Fsp3) is 0.105. The monoisotopic (exact) mass is 433 g/mol. The minimum atomic E-state index is -4.03. The fourth-order valence-corrected chi connectivity index (χ4v) is 4.47. The first-order valence-electron chi connectivity index (χ1n) is 8.34. The second-order valence-corrected chi connectivity index (χ2v) is 8.73. The lowest BCUT2D eigenvalue weighted by atomic mass is 10.2.